The zero-order valence-electron chi connectivity index (χ0n) is 17.2. The maximum atomic E-state index is 11.0. The fourth-order valence-electron chi connectivity index (χ4n) is 3.31. The first-order chi connectivity index (χ1) is 11.6. The van der Waals surface area contributed by atoms with Gasteiger partial charge in [0.25, 0.3) is 0 Å². The van der Waals surface area contributed by atoms with Crippen molar-refractivity contribution >= 4 is 33.5 Å². The summed E-state index contributed by atoms with van der Waals surface area (Å²) in [4.78, 5) is 22.0. The Morgan fingerprint density at radius 2 is 0.923 bits per heavy atom. The van der Waals surface area contributed by atoms with Gasteiger partial charge in [-0.1, -0.05) is 48.5 Å². The van der Waals surface area contributed by atoms with E-state index < -0.39 is 11.9 Å². The van der Waals surface area contributed by atoms with Gasteiger partial charge in [0, 0.05) is 12.8 Å². The molecule has 2 N–H and O–H groups in total. The number of fused-ring (bicyclic) bond motifs is 2. The van der Waals surface area contributed by atoms with Crippen LogP contribution in [0.4, 0.5) is 0 Å². The Bertz CT molecular complexity index is 815. The van der Waals surface area contributed by atoms with Crippen molar-refractivity contribution in [1.82, 2.24) is 0 Å². The van der Waals surface area contributed by atoms with Crippen molar-refractivity contribution in [3.63, 3.8) is 0 Å². The van der Waals surface area contributed by atoms with Crippen LogP contribution >= 0.6 is 0 Å². The Morgan fingerprint density at radius 1 is 0.654 bits per heavy atom. The number of rotatable bonds is 6. The predicted molar refractivity (Wildman–Crippen MR) is 95.6 cm³/mol. The maximum Gasteiger partial charge on any atom is 1.00 e. The molecule has 0 fully saturated rings. The first-order valence-corrected chi connectivity index (χ1v) is 7.92. The summed E-state index contributed by atoms with van der Waals surface area (Å²) in [5, 5.41) is 22.2. The van der Waals surface area contributed by atoms with Crippen molar-refractivity contribution in [2.75, 3.05) is 0 Å². The molecule has 126 valence electrons. The van der Waals surface area contributed by atoms with Crippen LogP contribution in [0.1, 0.15) is 26.8 Å². The molecule has 0 heterocycles. The molecule has 0 unspecified atom stereocenters. The van der Waals surface area contributed by atoms with E-state index in [-0.39, 0.29) is 74.8 Å². The summed E-state index contributed by atoms with van der Waals surface area (Å²) >= 11 is 0. The second-order valence-electron chi connectivity index (χ2n) is 5.84. The van der Waals surface area contributed by atoms with E-state index in [9.17, 15) is 9.59 Å². The van der Waals surface area contributed by atoms with E-state index >= 15 is 0 Å². The number of carbonyl (C=O) groups is 2. The first kappa shape index (κ1) is 23.2. The van der Waals surface area contributed by atoms with Crippen LogP contribution in [0.5, 0.6) is 0 Å². The molecule has 26 heavy (non-hydrogen) atoms. The van der Waals surface area contributed by atoms with E-state index in [0.717, 1.165) is 32.7 Å². The minimum atomic E-state index is -0.821. The van der Waals surface area contributed by atoms with E-state index in [1.165, 1.54) is 0 Å². The summed E-state index contributed by atoms with van der Waals surface area (Å²) in [5.74, 6) is -1.64. The maximum absolute atomic E-state index is 11.0. The fraction of sp³-hybridized carbons (Fsp3) is 0.200. The van der Waals surface area contributed by atoms with Crippen LogP contribution in [0.3, 0.4) is 0 Å². The van der Waals surface area contributed by atoms with Gasteiger partial charge < -0.3 is 13.1 Å². The van der Waals surface area contributed by atoms with Crippen LogP contribution in [-0.2, 0) is 22.4 Å². The van der Waals surface area contributed by atoms with Gasteiger partial charge in [-0.15, -0.1) is 0 Å². The number of hydrogen-bond donors (Lipinski definition) is 2. The first-order valence-electron chi connectivity index (χ1n) is 7.92. The van der Waals surface area contributed by atoms with E-state index in [4.69, 9.17) is 10.2 Å². The molecule has 0 amide bonds. The number of hydrogen-bond acceptors (Lipinski definition) is 2. The normalized spacial score (nSPS) is 10.2. The third-order valence-corrected chi connectivity index (χ3v) is 4.33. The number of carboxylic acid groups (broad SMARTS) is 2. The Kier molecular flexibility index (Phi) is 9.31. The number of carboxylic acids is 2. The molecule has 6 heteroatoms. The summed E-state index contributed by atoms with van der Waals surface area (Å²) in [6.07, 6.45) is 1.05. The van der Waals surface area contributed by atoms with Crippen molar-refractivity contribution in [3.05, 3.63) is 59.7 Å². The Labute approximate surface area is 199 Å². The Morgan fingerprint density at radius 3 is 1.15 bits per heavy atom. The van der Waals surface area contributed by atoms with E-state index in [1.54, 1.807) is 0 Å². The topological polar surface area (TPSA) is 74.6 Å². The molecule has 0 bridgehead atoms. The molecule has 0 saturated carbocycles. The molecular formula is C20H20Na2O4. The van der Waals surface area contributed by atoms with E-state index in [0.29, 0.717) is 12.8 Å². The van der Waals surface area contributed by atoms with Gasteiger partial charge in [-0.05, 0) is 45.5 Å². The van der Waals surface area contributed by atoms with Gasteiger partial charge in [-0.3, -0.25) is 9.59 Å². The molecule has 3 rings (SSSR count). The molecule has 0 atom stereocenters. The van der Waals surface area contributed by atoms with Gasteiger partial charge in [0.2, 0.25) is 0 Å². The zero-order chi connectivity index (χ0) is 17.1. The van der Waals surface area contributed by atoms with Gasteiger partial charge >= 0.3 is 71.1 Å². The molecule has 0 saturated heterocycles. The zero-order valence-corrected chi connectivity index (χ0v) is 19.2. The van der Waals surface area contributed by atoms with Crippen molar-refractivity contribution in [2.24, 2.45) is 0 Å². The standard InChI is InChI=1S/C20H18O4.2Na.2H/c21-19(22)11-9-17-13-5-1-2-6-14(13)18(10-12-20(23)24)16-8-4-3-7-15(16)17;;;;/h1-8H,9-12H2,(H,21,22)(H,23,24);;;;/q;2*+1;2*-1. The predicted octanol–water partition coefficient (Wildman–Crippen LogP) is -1.74. The summed E-state index contributed by atoms with van der Waals surface area (Å²) < 4.78 is 0. The molecule has 0 radical (unpaired) electrons. The van der Waals surface area contributed by atoms with Gasteiger partial charge in [0.1, 0.15) is 0 Å². The molecule has 3 aromatic carbocycles. The molecule has 0 aliphatic rings. The minimum absolute atomic E-state index is 0. The summed E-state index contributed by atoms with van der Waals surface area (Å²) in [5.41, 5.74) is 2.03. The fourth-order valence-corrected chi connectivity index (χ4v) is 3.31. The third kappa shape index (κ3) is 5.10. The van der Waals surface area contributed by atoms with Gasteiger partial charge in [-0.2, -0.15) is 0 Å². The second-order valence-corrected chi connectivity index (χ2v) is 5.84. The molecule has 0 aromatic heterocycles. The van der Waals surface area contributed by atoms with Crippen molar-refractivity contribution in [3.8, 4) is 0 Å². The van der Waals surface area contributed by atoms with Crippen LogP contribution in [0, 0.1) is 0 Å². The minimum Gasteiger partial charge on any atom is -1.00 e. The van der Waals surface area contributed by atoms with Gasteiger partial charge in [0.15, 0.2) is 0 Å². The molecular weight excluding hydrogens is 350 g/mol. The molecule has 0 aliphatic heterocycles. The molecule has 4 nitrogen and oxygen atoms in total. The van der Waals surface area contributed by atoms with Gasteiger partial charge in [0.05, 0.1) is 0 Å². The molecule has 0 spiro atoms. The monoisotopic (exact) mass is 370 g/mol. The molecule has 0 aliphatic carbocycles. The quantitative estimate of drug-likeness (QED) is 0.399. The van der Waals surface area contributed by atoms with Crippen molar-refractivity contribution in [2.45, 2.75) is 25.7 Å². The summed E-state index contributed by atoms with van der Waals surface area (Å²) in [6, 6.07) is 15.7. The van der Waals surface area contributed by atoms with E-state index in [2.05, 4.69) is 0 Å². The average Bonchev–Trinajstić information content (AvgIpc) is 2.57. The SMILES string of the molecule is O=C(O)CCc1c2ccccc2c(CCC(=O)O)c2ccccc12.[H-].[H-].[Na+].[Na+]. The van der Waals surface area contributed by atoms with Crippen LogP contribution in [-0.4, -0.2) is 22.2 Å². The Balaban J connectivity index is 0. The van der Waals surface area contributed by atoms with Crippen molar-refractivity contribution < 1.29 is 81.8 Å². The second kappa shape index (κ2) is 10.5. The van der Waals surface area contributed by atoms with Gasteiger partial charge in [-0.25, -0.2) is 0 Å². The van der Waals surface area contributed by atoms with Crippen molar-refractivity contribution in [1.29, 1.82) is 0 Å². The Hall–Kier alpha value is -0.880. The summed E-state index contributed by atoms with van der Waals surface area (Å²) in [6.45, 7) is 0. The van der Waals surface area contributed by atoms with Crippen LogP contribution in [0.25, 0.3) is 21.5 Å². The van der Waals surface area contributed by atoms with E-state index in [1.807, 2.05) is 48.5 Å². The van der Waals surface area contributed by atoms with Crippen LogP contribution < -0.4 is 59.1 Å². The van der Waals surface area contributed by atoms with Crippen LogP contribution in [0.15, 0.2) is 48.5 Å². The largest absolute Gasteiger partial charge is 1.00 e. The number of aliphatic carboxylic acids is 2. The average molecular weight is 370 g/mol. The third-order valence-electron chi connectivity index (χ3n) is 4.33. The summed E-state index contributed by atoms with van der Waals surface area (Å²) in [7, 11) is 0. The molecule has 3 aromatic rings. The smallest absolute Gasteiger partial charge is 1.00 e. The number of aryl methyl sites for hydroxylation is 2. The number of benzene rings is 3. The van der Waals surface area contributed by atoms with Crippen LogP contribution in [0.2, 0.25) is 0 Å².